The Morgan fingerprint density at radius 3 is 2.21 bits per heavy atom. The van der Waals surface area contributed by atoms with Crippen LogP contribution in [0.5, 0.6) is 11.5 Å². The van der Waals surface area contributed by atoms with E-state index in [0.29, 0.717) is 11.7 Å². The molecule has 3 nitrogen and oxygen atoms in total. The Morgan fingerprint density at radius 2 is 1.59 bits per heavy atom. The van der Waals surface area contributed by atoms with Crippen LogP contribution in [-0.4, -0.2) is 5.91 Å². The van der Waals surface area contributed by atoms with Crippen molar-refractivity contribution in [2.75, 3.05) is 5.32 Å². The second kappa shape index (κ2) is 8.39. The first kappa shape index (κ1) is 20.5. The van der Waals surface area contributed by atoms with E-state index in [1.54, 1.807) is 0 Å². The Balaban J connectivity index is 1.81. The lowest BCUT2D eigenvalue weighted by Crippen LogP contribution is -2.16. The number of carbonyl (C=O) groups is 1. The number of amides is 1. The average Bonchev–Trinajstić information content (AvgIpc) is 2.65. The van der Waals surface area contributed by atoms with Crippen molar-refractivity contribution >= 4 is 11.6 Å². The number of rotatable bonds is 5. The summed E-state index contributed by atoms with van der Waals surface area (Å²) in [7, 11) is 0. The van der Waals surface area contributed by atoms with Crippen LogP contribution in [0.4, 0.5) is 18.9 Å². The quantitative estimate of drug-likeness (QED) is 0.526. The van der Waals surface area contributed by atoms with Gasteiger partial charge in [0.05, 0.1) is 0 Å². The molecule has 0 aliphatic carbocycles. The van der Waals surface area contributed by atoms with Gasteiger partial charge in [-0.2, -0.15) is 0 Å². The summed E-state index contributed by atoms with van der Waals surface area (Å²) in [4.78, 5) is 12.1. The molecule has 0 fully saturated rings. The Morgan fingerprint density at radius 1 is 0.897 bits per heavy atom. The van der Waals surface area contributed by atoms with Crippen LogP contribution in [0, 0.1) is 24.4 Å². The summed E-state index contributed by atoms with van der Waals surface area (Å²) in [5.41, 5.74) is 1.23. The summed E-state index contributed by atoms with van der Waals surface area (Å²) in [5.74, 6) is -2.92. The molecule has 150 valence electrons. The van der Waals surface area contributed by atoms with E-state index in [2.05, 4.69) is 5.32 Å². The first-order valence-corrected chi connectivity index (χ1v) is 9.09. The third-order valence-electron chi connectivity index (χ3n) is 4.48. The van der Waals surface area contributed by atoms with Crippen LogP contribution < -0.4 is 10.1 Å². The van der Waals surface area contributed by atoms with E-state index in [-0.39, 0.29) is 11.4 Å². The average molecular weight is 399 g/mol. The van der Waals surface area contributed by atoms with Gasteiger partial charge < -0.3 is 10.1 Å². The molecule has 0 bridgehead atoms. The summed E-state index contributed by atoms with van der Waals surface area (Å²) in [6.07, 6.45) is 0. The molecule has 0 saturated heterocycles. The molecule has 0 heterocycles. The van der Waals surface area contributed by atoms with Crippen LogP contribution in [-0.2, 0) is 0 Å². The topological polar surface area (TPSA) is 38.3 Å². The summed E-state index contributed by atoms with van der Waals surface area (Å²) in [5, 5.41) is 2.29. The number of carbonyl (C=O) groups excluding carboxylic acids is 1. The zero-order chi connectivity index (χ0) is 21.1. The number of aryl methyl sites for hydroxylation is 1. The normalized spacial score (nSPS) is 10.9. The first-order valence-electron chi connectivity index (χ1n) is 9.09. The third-order valence-corrected chi connectivity index (χ3v) is 4.48. The van der Waals surface area contributed by atoms with Gasteiger partial charge in [-0.15, -0.1) is 0 Å². The van der Waals surface area contributed by atoms with Crippen LogP contribution >= 0.6 is 0 Å². The van der Waals surface area contributed by atoms with Crippen molar-refractivity contribution in [3.05, 3.63) is 88.7 Å². The van der Waals surface area contributed by atoms with E-state index >= 15 is 0 Å². The maximum Gasteiger partial charge on any atom is 0.261 e. The van der Waals surface area contributed by atoms with Gasteiger partial charge in [0.15, 0.2) is 11.6 Å². The van der Waals surface area contributed by atoms with Crippen LogP contribution in [0.15, 0.2) is 54.6 Å². The fraction of sp³-hybridized carbons (Fsp3) is 0.174. The molecule has 1 amide bonds. The predicted octanol–water partition coefficient (Wildman–Crippen LogP) is 6.58. The molecule has 0 unspecified atom stereocenters. The molecule has 3 aromatic rings. The Labute approximate surface area is 167 Å². The number of nitrogens with one attached hydrogen (secondary N) is 1. The lowest BCUT2D eigenvalue weighted by Gasteiger charge is -2.14. The molecule has 1 N–H and O–H groups in total. The minimum atomic E-state index is -1.01. The molecule has 6 heteroatoms. The highest BCUT2D eigenvalue weighted by Crippen LogP contribution is 2.31. The fourth-order valence-corrected chi connectivity index (χ4v) is 2.77. The van der Waals surface area contributed by atoms with Gasteiger partial charge in [0.25, 0.3) is 5.91 Å². The number of anilines is 1. The molecule has 0 aromatic heterocycles. The lowest BCUT2D eigenvalue weighted by molar-refractivity contribution is 0.101. The largest absolute Gasteiger partial charge is 0.454 e. The van der Waals surface area contributed by atoms with Crippen molar-refractivity contribution in [3.63, 3.8) is 0 Å². The SMILES string of the molecule is Cc1ccc(C(C)C)cc1Oc1ccc(NC(=O)c2c(F)cccc2F)cc1F. The van der Waals surface area contributed by atoms with Gasteiger partial charge in [-0.1, -0.05) is 32.0 Å². The standard InChI is InChI=1S/C23H20F3NO2/c1-13(2)15-8-7-14(3)21(11-15)29-20-10-9-16(12-19(20)26)27-23(28)22-17(24)5-4-6-18(22)25/h4-13H,1-3H3,(H,27,28). The molecule has 0 spiro atoms. The van der Waals surface area contributed by atoms with Crippen molar-refractivity contribution in [1.29, 1.82) is 0 Å². The number of benzene rings is 3. The van der Waals surface area contributed by atoms with Crippen molar-refractivity contribution < 1.29 is 22.7 Å². The van der Waals surface area contributed by atoms with Crippen LogP contribution in [0.1, 0.15) is 41.3 Å². The molecule has 3 rings (SSSR count). The van der Waals surface area contributed by atoms with Crippen molar-refractivity contribution in [2.24, 2.45) is 0 Å². The Hall–Kier alpha value is -3.28. The van der Waals surface area contributed by atoms with Gasteiger partial charge in [-0.3, -0.25) is 4.79 Å². The molecule has 0 saturated carbocycles. The van der Waals surface area contributed by atoms with Gasteiger partial charge in [-0.05, 0) is 54.3 Å². The van der Waals surface area contributed by atoms with E-state index in [9.17, 15) is 18.0 Å². The van der Waals surface area contributed by atoms with Gasteiger partial charge in [0, 0.05) is 11.8 Å². The van der Waals surface area contributed by atoms with Crippen LogP contribution in [0.3, 0.4) is 0 Å². The maximum absolute atomic E-state index is 14.5. The number of hydrogen-bond donors (Lipinski definition) is 1. The van der Waals surface area contributed by atoms with E-state index in [1.807, 2.05) is 39.0 Å². The zero-order valence-corrected chi connectivity index (χ0v) is 16.2. The van der Waals surface area contributed by atoms with Gasteiger partial charge in [-0.25, -0.2) is 13.2 Å². The number of halogens is 3. The molecule has 0 aliphatic rings. The predicted molar refractivity (Wildman–Crippen MR) is 106 cm³/mol. The smallest absolute Gasteiger partial charge is 0.261 e. The van der Waals surface area contributed by atoms with Gasteiger partial charge >= 0.3 is 0 Å². The molecule has 0 aliphatic heterocycles. The summed E-state index contributed by atoms with van der Waals surface area (Å²) in [6, 6.07) is 12.6. The summed E-state index contributed by atoms with van der Waals surface area (Å²) >= 11 is 0. The monoisotopic (exact) mass is 399 g/mol. The van der Waals surface area contributed by atoms with Crippen LogP contribution in [0.25, 0.3) is 0 Å². The third kappa shape index (κ3) is 4.59. The van der Waals surface area contributed by atoms with E-state index in [1.165, 1.54) is 12.1 Å². The molecule has 29 heavy (non-hydrogen) atoms. The second-order valence-corrected chi connectivity index (χ2v) is 6.98. The minimum Gasteiger partial charge on any atom is -0.454 e. The molecular formula is C23H20F3NO2. The van der Waals surface area contributed by atoms with Gasteiger partial charge in [0.2, 0.25) is 0 Å². The molecule has 0 radical (unpaired) electrons. The van der Waals surface area contributed by atoms with E-state index in [4.69, 9.17) is 4.74 Å². The second-order valence-electron chi connectivity index (χ2n) is 6.98. The first-order chi connectivity index (χ1) is 13.8. The van der Waals surface area contributed by atoms with Crippen molar-refractivity contribution in [2.45, 2.75) is 26.7 Å². The van der Waals surface area contributed by atoms with E-state index in [0.717, 1.165) is 35.4 Å². The van der Waals surface area contributed by atoms with Crippen molar-refractivity contribution in [1.82, 2.24) is 0 Å². The van der Waals surface area contributed by atoms with Crippen molar-refractivity contribution in [3.8, 4) is 11.5 Å². The van der Waals surface area contributed by atoms with E-state index < -0.39 is 28.9 Å². The van der Waals surface area contributed by atoms with Crippen LogP contribution in [0.2, 0.25) is 0 Å². The molecule has 3 aromatic carbocycles. The Bertz CT molecular complexity index is 1040. The summed E-state index contributed by atoms with van der Waals surface area (Å²) in [6.45, 7) is 5.95. The maximum atomic E-state index is 14.5. The lowest BCUT2D eigenvalue weighted by atomic mass is 10.0. The highest BCUT2D eigenvalue weighted by Gasteiger charge is 2.18. The number of ether oxygens (including phenoxy) is 1. The molecular weight excluding hydrogens is 379 g/mol. The highest BCUT2D eigenvalue weighted by atomic mass is 19.1. The zero-order valence-electron chi connectivity index (χ0n) is 16.2. The highest BCUT2D eigenvalue weighted by molar-refractivity contribution is 6.04. The number of hydrogen-bond acceptors (Lipinski definition) is 2. The Kier molecular flexibility index (Phi) is 5.92. The molecule has 0 atom stereocenters. The minimum absolute atomic E-state index is 0.0240. The van der Waals surface area contributed by atoms with Gasteiger partial charge in [0.1, 0.15) is 22.9 Å². The fourth-order valence-electron chi connectivity index (χ4n) is 2.77. The summed E-state index contributed by atoms with van der Waals surface area (Å²) < 4.78 is 47.7.